The van der Waals surface area contributed by atoms with Gasteiger partial charge in [0, 0.05) is 0 Å². The van der Waals surface area contributed by atoms with Gasteiger partial charge in [-0.25, -0.2) is 0 Å². The molecule has 3 heteroatoms. The van der Waals surface area contributed by atoms with E-state index in [-0.39, 0.29) is 0 Å². The van der Waals surface area contributed by atoms with E-state index in [0.717, 1.165) is 0 Å². The first kappa shape index (κ1) is 10.7. The molecule has 0 saturated heterocycles. The van der Waals surface area contributed by atoms with E-state index in [4.69, 9.17) is 27.9 Å². The van der Waals surface area contributed by atoms with Crippen molar-refractivity contribution in [1.29, 1.82) is 0 Å². The largest absolute Gasteiger partial charge is 0.492 e. The fourth-order valence-electron chi connectivity index (χ4n) is 0.852. The van der Waals surface area contributed by atoms with Gasteiger partial charge in [-0.15, -0.1) is 0 Å². The summed E-state index contributed by atoms with van der Waals surface area (Å²) in [6.45, 7) is 4.82. The van der Waals surface area contributed by atoms with Crippen LogP contribution in [0.3, 0.4) is 0 Å². The van der Waals surface area contributed by atoms with Crippen molar-refractivity contribution in [3.05, 3.63) is 28.2 Å². The Morgan fingerprint density at radius 1 is 1.31 bits per heavy atom. The van der Waals surface area contributed by atoms with E-state index in [1.807, 2.05) is 12.1 Å². The van der Waals surface area contributed by atoms with Gasteiger partial charge in [-0.3, -0.25) is 0 Å². The van der Waals surface area contributed by atoms with Crippen molar-refractivity contribution < 1.29 is 4.74 Å². The topological polar surface area (TPSA) is 9.23 Å². The number of ether oxygens (including phenoxy) is 1. The van der Waals surface area contributed by atoms with Crippen molar-refractivity contribution in [2.24, 2.45) is 5.92 Å². The van der Waals surface area contributed by atoms with Crippen LogP contribution in [0.5, 0.6) is 5.75 Å². The third-order valence-electron chi connectivity index (χ3n) is 1.49. The monoisotopic (exact) mass is 218 g/mol. The number of rotatable bonds is 3. The Kier molecular flexibility index (Phi) is 3.89. The van der Waals surface area contributed by atoms with Crippen molar-refractivity contribution in [2.45, 2.75) is 13.8 Å². The minimum Gasteiger partial charge on any atom is -0.492 e. The first-order valence-corrected chi connectivity index (χ1v) is 4.93. The maximum absolute atomic E-state index is 5.92. The zero-order chi connectivity index (χ0) is 9.84. The van der Waals surface area contributed by atoms with Crippen LogP contribution in [0, 0.1) is 5.92 Å². The quantitative estimate of drug-likeness (QED) is 0.745. The van der Waals surface area contributed by atoms with Gasteiger partial charge in [0.15, 0.2) is 0 Å². The molecule has 0 radical (unpaired) electrons. The SMILES string of the molecule is CC(C)COc1cccc(Cl)c1Cl. The molecule has 13 heavy (non-hydrogen) atoms. The Morgan fingerprint density at radius 2 is 2.00 bits per heavy atom. The van der Waals surface area contributed by atoms with Crippen LogP contribution in [0.1, 0.15) is 13.8 Å². The van der Waals surface area contributed by atoms with E-state index in [2.05, 4.69) is 13.8 Å². The number of benzene rings is 1. The molecule has 0 aromatic heterocycles. The molecule has 1 aromatic rings. The molecule has 0 spiro atoms. The molecule has 0 saturated carbocycles. The van der Waals surface area contributed by atoms with E-state index in [1.54, 1.807) is 6.07 Å². The van der Waals surface area contributed by atoms with Crippen molar-refractivity contribution >= 4 is 23.2 Å². The second-order valence-electron chi connectivity index (χ2n) is 3.26. The van der Waals surface area contributed by atoms with Crippen molar-refractivity contribution in [2.75, 3.05) is 6.61 Å². The van der Waals surface area contributed by atoms with E-state index >= 15 is 0 Å². The van der Waals surface area contributed by atoms with Gasteiger partial charge < -0.3 is 4.74 Å². The summed E-state index contributed by atoms with van der Waals surface area (Å²) >= 11 is 11.7. The smallest absolute Gasteiger partial charge is 0.139 e. The molecule has 0 N–H and O–H groups in total. The molecular weight excluding hydrogens is 207 g/mol. The second-order valence-corrected chi connectivity index (χ2v) is 4.04. The lowest BCUT2D eigenvalue weighted by Crippen LogP contribution is -2.04. The molecular formula is C10H12Cl2O. The zero-order valence-electron chi connectivity index (χ0n) is 7.68. The third-order valence-corrected chi connectivity index (χ3v) is 2.29. The fourth-order valence-corrected chi connectivity index (χ4v) is 1.20. The molecule has 0 bridgehead atoms. The van der Waals surface area contributed by atoms with Gasteiger partial charge in [-0.1, -0.05) is 43.1 Å². The third kappa shape index (κ3) is 3.09. The van der Waals surface area contributed by atoms with Gasteiger partial charge in [0.05, 0.1) is 11.6 Å². The average Bonchev–Trinajstić information content (AvgIpc) is 2.07. The molecule has 1 nitrogen and oxygen atoms in total. The highest BCUT2D eigenvalue weighted by molar-refractivity contribution is 6.42. The van der Waals surface area contributed by atoms with Crippen LogP contribution in [0.2, 0.25) is 10.0 Å². The number of halogens is 2. The molecule has 0 amide bonds. The molecule has 0 fully saturated rings. The van der Waals surface area contributed by atoms with E-state index in [1.165, 1.54) is 0 Å². The van der Waals surface area contributed by atoms with Crippen LogP contribution in [0.15, 0.2) is 18.2 Å². The van der Waals surface area contributed by atoms with Gasteiger partial charge in [0.2, 0.25) is 0 Å². The zero-order valence-corrected chi connectivity index (χ0v) is 9.19. The van der Waals surface area contributed by atoms with Crippen molar-refractivity contribution in [3.8, 4) is 5.75 Å². The van der Waals surface area contributed by atoms with Crippen LogP contribution in [-0.4, -0.2) is 6.61 Å². The van der Waals surface area contributed by atoms with E-state index in [0.29, 0.717) is 28.3 Å². The van der Waals surface area contributed by atoms with Gasteiger partial charge >= 0.3 is 0 Å². The molecule has 0 aliphatic carbocycles. The van der Waals surface area contributed by atoms with Gasteiger partial charge in [-0.2, -0.15) is 0 Å². The summed E-state index contributed by atoms with van der Waals surface area (Å²) in [6, 6.07) is 5.38. The molecule has 0 aliphatic rings. The number of hydrogen-bond donors (Lipinski definition) is 0. The highest BCUT2D eigenvalue weighted by Gasteiger charge is 2.05. The minimum absolute atomic E-state index is 0.482. The summed E-state index contributed by atoms with van der Waals surface area (Å²) in [5, 5.41) is 1.02. The Balaban J connectivity index is 2.71. The second kappa shape index (κ2) is 4.73. The fraction of sp³-hybridized carbons (Fsp3) is 0.400. The molecule has 1 rings (SSSR count). The summed E-state index contributed by atoms with van der Waals surface area (Å²) < 4.78 is 5.46. The normalized spacial score (nSPS) is 10.5. The van der Waals surface area contributed by atoms with Crippen LogP contribution in [0.25, 0.3) is 0 Å². The van der Waals surface area contributed by atoms with Gasteiger partial charge in [0.1, 0.15) is 10.8 Å². The summed E-state index contributed by atoms with van der Waals surface area (Å²) in [5.41, 5.74) is 0. The maximum Gasteiger partial charge on any atom is 0.139 e. The average molecular weight is 219 g/mol. The van der Waals surface area contributed by atoms with E-state index < -0.39 is 0 Å². The summed E-state index contributed by atoms with van der Waals surface area (Å²) in [5.74, 6) is 1.14. The Bertz CT molecular complexity index is 284. The first-order valence-electron chi connectivity index (χ1n) is 4.18. The molecule has 72 valence electrons. The lowest BCUT2D eigenvalue weighted by Gasteiger charge is -2.10. The van der Waals surface area contributed by atoms with Crippen molar-refractivity contribution in [1.82, 2.24) is 0 Å². The van der Waals surface area contributed by atoms with Gasteiger partial charge in [0.25, 0.3) is 0 Å². The predicted molar refractivity (Wildman–Crippen MR) is 56.8 cm³/mol. The molecule has 1 aromatic carbocycles. The van der Waals surface area contributed by atoms with Crippen LogP contribution in [-0.2, 0) is 0 Å². The maximum atomic E-state index is 5.92. The predicted octanol–water partition coefficient (Wildman–Crippen LogP) is 4.03. The molecule has 0 atom stereocenters. The minimum atomic E-state index is 0.482. The molecule has 0 unspecified atom stereocenters. The molecule has 0 heterocycles. The summed E-state index contributed by atoms with van der Waals surface area (Å²) in [7, 11) is 0. The Morgan fingerprint density at radius 3 is 2.62 bits per heavy atom. The lowest BCUT2D eigenvalue weighted by atomic mass is 10.2. The summed E-state index contributed by atoms with van der Waals surface area (Å²) in [6.07, 6.45) is 0. The Hall–Kier alpha value is -0.400. The lowest BCUT2D eigenvalue weighted by molar-refractivity contribution is 0.271. The number of hydrogen-bond acceptors (Lipinski definition) is 1. The van der Waals surface area contributed by atoms with E-state index in [9.17, 15) is 0 Å². The van der Waals surface area contributed by atoms with Crippen molar-refractivity contribution in [3.63, 3.8) is 0 Å². The highest BCUT2D eigenvalue weighted by atomic mass is 35.5. The van der Waals surface area contributed by atoms with Crippen LogP contribution < -0.4 is 4.74 Å². The first-order chi connectivity index (χ1) is 6.11. The molecule has 0 aliphatic heterocycles. The van der Waals surface area contributed by atoms with Crippen LogP contribution in [0.4, 0.5) is 0 Å². The van der Waals surface area contributed by atoms with Crippen LogP contribution >= 0.6 is 23.2 Å². The summed E-state index contributed by atoms with van der Waals surface area (Å²) in [4.78, 5) is 0. The standard InChI is InChI=1S/C10H12Cl2O/c1-7(2)6-13-9-5-3-4-8(11)10(9)12/h3-5,7H,6H2,1-2H3. The highest BCUT2D eigenvalue weighted by Crippen LogP contribution is 2.31. The van der Waals surface area contributed by atoms with Gasteiger partial charge in [-0.05, 0) is 18.1 Å². The Labute approximate surface area is 88.6 Å².